The van der Waals surface area contributed by atoms with Crippen LogP contribution in [-0.4, -0.2) is 46.8 Å². The van der Waals surface area contributed by atoms with Gasteiger partial charge >= 0.3 is 28.0 Å². The summed E-state index contributed by atoms with van der Waals surface area (Å²) < 4.78 is 0. The normalized spacial score (nSPS) is 6.60. The Hall–Kier alpha value is -2.44. The van der Waals surface area contributed by atoms with E-state index in [0.29, 0.717) is 0 Å². The molecule has 0 saturated heterocycles. The van der Waals surface area contributed by atoms with Gasteiger partial charge in [-0.3, -0.25) is 0 Å². The van der Waals surface area contributed by atoms with Crippen molar-refractivity contribution in [2.24, 2.45) is 0 Å². The van der Waals surface area contributed by atoms with Crippen LogP contribution in [0.2, 0.25) is 0 Å². The Labute approximate surface area is 124 Å². The van der Waals surface area contributed by atoms with Crippen LogP contribution in [0.3, 0.4) is 0 Å². The van der Waals surface area contributed by atoms with E-state index in [1.54, 1.807) is 0 Å². The van der Waals surface area contributed by atoms with E-state index in [4.69, 9.17) is 59.4 Å². The number of hydrogen-bond acceptors (Lipinski definition) is 12. The van der Waals surface area contributed by atoms with Crippen molar-refractivity contribution in [1.82, 2.24) is 0 Å². The first kappa shape index (κ1) is 30.5. The van der Waals surface area contributed by atoms with Gasteiger partial charge in [0.1, 0.15) is 0 Å². The van der Waals surface area contributed by atoms with E-state index in [2.05, 4.69) is 0 Å². The average molecular weight is 356 g/mol. The summed E-state index contributed by atoms with van der Waals surface area (Å²) in [6.07, 6.45) is 0. The fourth-order valence-corrected chi connectivity index (χ4v) is 0. The minimum absolute atomic E-state index is 0. The first-order valence-corrected chi connectivity index (χ1v) is 3.20. The first-order chi connectivity index (χ1) is 7.93. The first-order valence-electron chi connectivity index (χ1n) is 3.20. The molecule has 0 N–H and O–H groups in total. The SMILES string of the molecule is O=C([O-])C(=O)[O-].O=C([O-])C(=O)[O-].O=C([O-])C(=O)[O-].[Cu+2].[Si+4]. The van der Waals surface area contributed by atoms with Gasteiger partial charge in [0.15, 0.2) is 0 Å². The zero-order chi connectivity index (χ0) is 15.5. The number of aliphatic carboxylic acids is 6. The van der Waals surface area contributed by atoms with Gasteiger partial charge in [0, 0.05) is 0 Å². The van der Waals surface area contributed by atoms with Gasteiger partial charge in [-0.25, -0.2) is 0 Å². The van der Waals surface area contributed by atoms with Crippen LogP contribution in [0.4, 0.5) is 0 Å². The molecule has 0 rings (SSSR count). The molecular weight excluding hydrogens is 356 g/mol. The Balaban J connectivity index is -0.0000000536. The summed E-state index contributed by atoms with van der Waals surface area (Å²) in [5.74, 6) is -13.1. The minimum atomic E-state index is -2.19. The molecule has 0 fully saturated rings. The molecule has 0 aromatic rings. The van der Waals surface area contributed by atoms with Crippen LogP contribution in [0, 0.1) is 0 Å². The van der Waals surface area contributed by atoms with E-state index in [9.17, 15) is 0 Å². The second-order valence-electron chi connectivity index (χ2n) is 1.72. The molecule has 0 saturated carbocycles. The number of rotatable bonds is 0. The second kappa shape index (κ2) is 16.6. The largest absolute Gasteiger partial charge is 4.00 e. The zero-order valence-corrected chi connectivity index (χ0v) is 10.6. The van der Waals surface area contributed by atoms with E-state index in [1.165, 1.54) is 0 Å². The summed E-state index contributed by atoms with van der Waals surface area (Å²) >= 11 is 0. The van der Waals surface area contributed by atoms with Gasteiger partial charge in [0.2, 0.25) is 0 Å². The third kappa shape index (κ3) is 36.1. The van der Waals surface area contributed by atoms with Crippen LogP contribution in [-0.2, 0) is 45.8 Å². The molecule has 14 heteroatoms. The molecule has 0 bridgehead atoms. The molecule has 0 aliphatic rings. The molecule has 111 valence electrons. The Bertz CT molecular complexity index is 283. The Morgan fingerprint density at radius 3 is 0.450 bits per heavy atom. The summed E-state index contributed by atoms with van der Waals surface area (Å²) in [5.41, 5.74) is 0. The Morgan fingerprint density at radius 1 is 0.400 bits per heavy atom. The number of carbonyl (C=O) groups excluding carboxylic acids is 6. The standard InChI is InChI=1S/3C2H2O4.Cu.Si/c3*3-1(4)2(5)6;;/h3*(H,3,4)(H,5,6);;/q;;;+2;+4/p-6. The van der Waals surface area contributed by atoms with Crippen LogP contribution in [0.5, 0.6) is 0 Å². The van der Waals surface area contributed by atoms with Crippen molar-refractivity contribution in [3.63, 3.8) is 0 Å². The van der Waals surface area contributed by atoms with E-state index < -0.39 is 35.8 Å². The molecule has 1 radical (unpaired) electrons. The van der Waals surface area contributed by atoms with Crippen LogP contribution in [0.1, 0.15) is 0 Å². The third-order valence-corrected chi connectivity index (χ3v) is 0.500. The summed E-state index contributed by atoms with van der Waals surface area (Å²) in [7, 11) is 0. The molecule has 0 aliphatic carbocycles. The molecule has 20 heavy (non-hydrogen) atoms. The summed E-state index contributed by atoms with van der Waals surface area (Å²) in [5, 5.41) is 53.6. The maximum atomic E-state index is 8.93. The quantitative estimate of drug-likeness (QED) is 0.290. The van der Waals surface area contributed by atoms with Crippen molar-refractivity contribution in [3.05, 3.63) is 0 Å². The smallest absolute Gasteiger partial charge is 0.543 e. The van der Waals surface area contributed by atoms with Crippen molar-refractivity contribution in [2.75, 3.05) is 0 Å². The molecule has 0 spiro atoms. The summed E-state index contributed by atoms with van der Waals surface area (Å²) in [6, 6.07) is 0. The zero-order valence-electron chi connectivity index (χ0n) is 8.70. The number of hydrogen-bond donors (Lipinski definition) is 0. The summed E-state index contributed by atoms with van der Waals surface area (Å²) in [6.45, 7) is 0. The maximum Gasteiger partial charge on any atom is 4.00 e. The van der Waals surface area contributed by atoms with Crippen molar-refractivity contribution >= 4 is 46.8 Å². The topological polar surface area (TPSA) is 241 Å². The number of carbonyl (C=O) groups is 6. The number of carboxylic acid groups (broad SMARTS) is 6. The van der Waals surface area contributed by atoms with Crippen LogP contribution < -0.4 is 30.6 Å². The number of carboxylic acids is 6. The predicted molar refractivity (Wildman–Crippen MR) is 35.8 cm³/mol. The predicted octanol–water partition coefficient (Wildman–Crippen LogP) is -10.9. The monoisotopic (exact) mass is 355 g/mol. The molecule has 0 amide bonds. The second-order valence-corrected chi connectivity index (χ2v) is 1.72. The third-order valence-electron chi connectivity index (χ3n) is 0.500. The molecule has 0 aromatic carbocycles. The molecule has 12 nitrogen and oxygen atoms in total. The van der Waals surface area contributed by atoms with Crippen LogP contribution in [0.25, 0.3) is 0 Å². The van der Waals surface area contributed by atoms with E-state index in [-0.39, 0.29) is 28.0 Å². The fraction of sp³-hybridized carbons (Fsp3) is 0. The van der Waals surface area contributed by atoms with Crippen molar-refractivity contribution < 1.29 is 76.5 Å². The van der Waals surface area contributed by atoms with E-state index >= 15 is 0 Å². The van der Waals surface area contributed by atoms with Crippen LogP contribution in [0.15, 0.2) is 0 Å². The van der Waals surface area contributed by atoms with Crippen molar-refractivity contribution in [1.29, 1.82) is 0 Å². The molecule has 0 aromatic heterocycles. The van der Waals surface area contributed by atoms with Gasteiger partial charge in [-0.2, -0.15) is 0 Å². The van der Waals surface area contributed by atoms with Gasteiger partial charge in [0.05, 0.1) is 35.8 Å². The van der Waals surface area contributed by atoms with Gasteiger partial charge in [-0.05, 0) is 0 Å². The van der Waals surface area contributed by atoms with Gasteiger partial charge in [-0.15, -0.1) is 0 Å². The average Bonchev–Trinajstić information content (AvgIpc) is 2.18. The van der Waals surface area contributed by atoms with Gasteiger partial charge < -0.3 is 59.4 Å². The van der Waals surface area contributed by atoms with Gasteiger partial charge in [-0.1, -0.05) is 0 Å². The maximum absolute atomic E-state index is 8.93. The molecule has 0 atom stereocenters. The molecule has 0 aliphatic heterocycles. The van der Waals surface area contributed by atoms with Crippen molar-refractivity contribution in [3.8, 4) is 0 Å². The Kier molecular flexibility index (Phi) is 25.3. The Morgan fingerprint density at radius 2 is 0.450 bits per heavy atom. The van der Waals surface area contributed by atoms with Gasteiger partial charge in [0.25, 0.3) is 0 Å². The molecule has 0 unspecified atom stereocenters. The van der Waals surface area contributed by atoms with E-state index in [1.807, 2.05) is 0 Å². The fourth-order valence-electron chi connectivity index (χ4n) is 0. The van der Waals surface area contributed by atoms with Crippen LogP contribution >= 0.6 is 0 Å². The summed E-state index contributed by atoms with van der Waals surface area (Å²) in [4.78, 5) is 53.6. The minimum Gasteiger partial charge on any atom is -0.543 e. The van der Waals surface area contributed by atoms with E-state index in [0.717, 1.165) is 0 Å². The van der Waals surface area contributed by atoms with Crippen molar-refractivity contribution in [2.45, 2.75) is 0 Å². The molecule has 0 heterocycles. The molecular formula is C6CuO12Si.